The molecule has 100 valence electrons. The Morgan fingerprint density at radius 2 is 1.95 bits per heavy atom. The first kappa shape index (κ1) is 13.7. The van der Waals surface area contributed by atoms with Crippen molar-refractivity contribution in [3.63, 3.8) is 0 Å². The molecule has 0 spiro atoms. The molecule has 0 aliphatic rings. The van der Waals surface area contributed by atoms with Gasteiger partial charge in [-0.15, -0.1) is 11.8 Å². The minimum absolute atomic E-state index is 0.100. The van der Waals surface area contributed by atoms with Crippen molar-refractivity contribution in [2.45, 2.75) is 17.9 Å². The number of thioether (sulfide) groups is 1. The van der Waals surface area contributed by atoms with Crippen LogP contribution in [-0.2, 0) is 0 Å². The molecule has 0 aliphatic heterocycles. The van der Waals surface area contributed by atoms with Crippen LogP contribution in [0.1, 0.15) is 18.5 Å². The lowest BCUT2D eigenvalue weighted by molar-refractivity contribution is 0.462. The molecule has 0 aliphatic carbocycles. The maximum absolute atomic E-state index is 13.2. The molecule has 0 heterocycles. The fourth-order valence-electron chi connectivity index (χ4n) is 1.95. The molecule has 1 unspecified atom stereocenters. The van der Waals surface area contributed by atoms with Crippen molar-refractivity contribution in [1.29, 1.82) is 0 Å². The van der Waals surface area contributed by atoms with Crippen LogP contribution < -0.4 is 5.32 Å². The van der Waals surface area contributed by atoms with E-state index < -0.39 is 0 Å². The number of halogens is 1. The minimum Gasteiger partial charge on any atom is -0.508 e. The number of para-hydroxylation sites is 1. The fraction of sp³-hybridized carbons (Fsp3) is 0.200. The summed E-state index contributed by atoms with van der Waals surface area (Å²) in [5.74, 6) is -0.248. The number of aromatic hydroxyl groups is 1. The third-order valence-corrected chi connectivity index (χ3v) is 3.73. The van der Waals surface area contributed by atoms with Gasteiger partial charge in [0, 0.05) is 16.1 Å². The lowest BCUT2D eigenvalue weighted by Gasteiger charge is -2.18. The molecule has 0 aromatic heterocycles. The Hall–Kier alpha value is -1.68. The fourth-order valence-corrected chi connectivity index (χ4v) is 2.51. The molecule has 0 saturated heterocycles. The van der Waals surface area contributed by atoms with Gasteiger partial charge in [-0.25, -0.2) is 4.39 Å². The summed E-state index contributed by atoms with van der Waals surface area (Å²) in [6.45, 7) is 1.89. The van der Waals surface area contributed by atoms with E-state index in [4.69, 9.17) is 0 Å². The Kier molecular flexibility index (Phi) is 4.32. The van der Waals surface area contributed by atoms with Crippen molar-refractivity contribution in [2.75, 3.05) is 11.6 Å². The van der Waals surface area contributed by atoms with Crippen LogP contribution in [0.25, 0.3) is 0 Å². The van der Waals surface area contributed by atoms with Crippen molar-refractivity contribution in [1.82, 2.24) is 0 Å². The summed E-state index contributed by atoms with van der Waals surface area (Å²) in [7, 11) is 0. The van der Waals surface area contributed by atoms with Crippen molar-refractivity contribution in [3.8, 4) is 5.75 Å². The van der Waals surface area contributed by atoms with Crippen molar-refractivity contribution in [3.05, 3.63) is 53.8 Å². The van der Waals surface area contributed by atoms with E-state index in [1.54, 1.807) is 11.8 Å². The zero-order chi connectivity index (χ0) is 13.8. The average molecular weight is 277 g/mol. The number of hydrogen-bond donors (Lipinski definition) is 2. The van der Waals surface area contributed by atoms with E-state index in [-0.39, 0.29) is 17.6 Å². The SMILES string of the molecule is CSc1ccccc1NC(C)c1cc(F)ccc1O. The van der Waals surface area contributed by atoms with Crippen LogP contribution in [0.15, 0.2) is 47.4 Å². The van der Waals surface area contributed by atoms with Crippen LogP contribution in [0.5, 0.6) is 5.75 Å². The lowest BCUT2D eigenvalue weighted by atomic mass is 10.1. The standard InChI is InChI=1S/C15H16FNOS/c1-10(12-9-11(16)7-8-14(12)18)17-13-5-3-4-6-15(13)19-2/h3-10,17-18H,1-2H3. The Morgan fingerprint density at radius 1 is 1.21 bits per heavy atom. The highest BCUT2D eigenvalue weighted by molar-refractivity contribution is 7.98. The molecule has 0 radical (unpaired) electrons. The molecular weight excluding hydrogens is 261 g/mol. The molecule has 0 saturated carbocycles. The average Bonchev–Trinajstić information content (AvgIpc) is 2.42. The lowest BCUT2D eigenvalue weighted by Crippen LogP contribution is -2.08. The van der Waals surface area contributed by atoms with E-state index in [0.717, 1.165) is 10.6 Å². The second-order valence-electron chi connectivity index (χ2n) is 4.27. The van der Waals surface area contributed by atoms with Gasteiger partial charge >= 0.3 is 0 Å². The van der Waals surface area contributed by atoms with Crippen molar-refractivity contribution in [2.24, 2.45) is 0 Å². The molecular formula is C15H16FNOS. The van der Waals surface area contributed by atoms with Crippen LogP contribution in [0.4, 0.5) is 10.1 Å². The molecule has 4 heteroatoms. The summed E-state index contributed by atoms with van der Waals surface area (Å²) in [5, 5.41) is 13.1. The zero-order valence-corrected chi connectivity index (χ0v) is 11.7. The zero-order valence-electron chi connectivity index (χ0n) is 10.9. The predicted octanol–water partition coefficient (Wildman–Crippen LogP) is 4.43. The summed E-state index contributed by atoms with van der Waals surface area (Å²) in [5.41, 5.74) is 1.53. The molecule has 2 aromatic carbocycles. The topological polar surface area (TPSA) is 32.3 Å². The van der Waals surface area contributed by atoms with Gasteiger partial charge < -0.3 is 10.4 Å². The summed E-state index contributed by atoms with van der Waals surface area (Å²) in [6, 6.07) is 11.7. The number of anilines is 1. The molecule has 2 nitrogen and oxygen atoms in total. The Bertz CT molecular complexity index is 574. The predicted molar refractivity (Wildman–Crippen MR) is 78.3 cm³/mol. The Balaban J connectivity index is 2.25. The van der Waals surface area contributed by atoms with Gasteiger partial charge in [-0.1, -0.05) is 12.1 Å². The molecule has 2 aromatic rings. The van der Waals surface area contributed by atoms with E-state index in [9.17, 15) is 9.50 Å². The van der Waals surface area contributed by atoms with Crippen LogP contribution >= 0.6 is 11.8 Å². The number of rotatable bonds is 4. The monoisotopic (exact) mass is 277 g/mol. The molecule has 0 bridgehead atoms. The van der Waals surface area contributed by atoms with Crippen molar-refractivity contribution >= 4 is 17.4 Å². The van der Waals surface area contributed by atoms with Gasteiger partial charge in [-0.2, -0.15) is 0 Å². The maximum Gasteiger partial charge on any atom is 0.123 e. The first-order valence-corrected chi connectivity index (χ1v) is 7.22. The summed E-state index contributed by atoms with van der Waals surface area (Å²) >= 11 is 1.64. The quantitative estimate of drug-likeness (QED) is 0.811. The summed E-state index contributed by atoms with van der Waals surface area (Å²) in [4.78, 5) is 1.12. The highest BCUT2D eigenvalue weighted by atomic mass is 32.2. The van der Waals surface area contributed by atoms with Crippen LogP contribution in [0.2, 0.25) is 0 Å². The molecule has 19 heavy (non-hydrogen) atoms. The number of nitrogens with one attached hydrogen (secondary N) is 1. The van der Waals surface area contributed by atoms with E-state index in [0.29, 0.717) is 5.56 Å². The number of phenolic OH excluding ortho intramolecular Hbond substituents is 1. The van der Waals surface area contributed by atoms with Gasteiger partial charge in [0.15, 0.2) is 0 Å². The molecule has 0 fully saturated rings. The van der Waals surface area contributed by atoms with E-state index in [1.165, 1.54) is 18.2 Å². The molecule has 1 atom stereocenters. The van der Waals surface area contributed by atoms with Gasteiger partial charge in [0.05, 0.1) is 6.04 Å². The van der Waals surface area contributed by atoms with Crippen molar-refractivity contribution < 1.29 is 9.50 Å². The first-order valence-electron chi connectivity index (χ1n) is 6.00. The number of phenols is 1. The van der Waals surface area contributed by atoms with E-state index in [2.05, 4.69) is 5.32 Å². The number of hydrogen-bond acceptors (Lipinski definition) is 3. The maximum atomic E-state index is 13.2. The Labute approximate surface area is 116 Å². The first-order chi connectivity index (χ1) is 9.11. The van der Waals surface area contributed by atoms with Gasteiger partial charge in [-0.3, -0.25) is 0 Å². The third-order valence-electron chi connectivity index (χ3n) is 2.94. The van der Waals surface area contributed by atoms with Crippen LogP contribution in [0, 0.1) is 5.82 Å². The van der Waals surface area contributed by atoms with Gasteiger partial charge in [0.1, 0.15) is 11.6 Å². The van der Waals surface area contributed by atoms with E-state index >= 15 is 0 Å². The minimum atomic E-state index is -0.348. The second kappa shape index (κ2) is 5.97. The van der Waals surface area contributed by atoms with Gasteiger partial charge in [-0.05, 0) is 43.5 Å². The Morgan fingerprint density at radius 3 is 2.68 bits per heavy atom. The normalized spacial score (nSPS) is 12.2. The van der Waals surface area contributed by atoms with Crippen LogP contribution in [-0.4, -0.2) is 11.4 Å². The smallest absolute Gasteiger partial charge is 0.123 e. The highest BCUT2D eigenvalue weighted by Crippen LogP contribution is 2.31. The largest absolute Gasteiger partial charge is 0.508 e. The summed E-state index contributed by atoms with van der Waals surface area (Å²) < 4.78 is 13.2. The summed E-state index contributed by atoms with van der Waals surface area (Å²) in [6.07, 6.45) is 2.00. The number of benzene rings is 2. The third kappa shape index (κ3) is 3.20. The van der Waals surface area contributed by atoms with Crippen LogP contribution in [0.3, 0.4) is 0 Å². The molecule has 2 N–H and O–H groups in total. The second-order valence-corrected chi connectivity index (χ2v) is 5.12. The van der Waals surface area contributed by atoms with E-state index in [1.807, 2.05) is 37.4 Å². The van der Waals surface area contributed by atoms with Gasteiger partial charge in [0.25, 0.3) is 0 Å². The molecule has 2 rings (SSSR count). The van der Waals surface area contributed by atoms with Gasteiger partial charge in [0.2, 0.25) is 0 Å². The molecule has 0 amide bonds. The highest BCUT2D eigenvalue weighted by Gasteiger charge is 2.12.